The van der Waals surface area contributed by atoms with Crippen LogP contribution in [0.5, 0.6) is 0 Å². The lowest BCUT2D eigenvalue weighted by Gasteiger charge is -2.29. The van der Waals surface area contributed by atoms with Crippen molar-refractivity contribution in [2.75, 3.05) is 18.0 Å². The van der Waals surface area contributed by atoms with Crippen LogP contribution in [0.3, 0.4) is 0 Å². The average Bonchev–Trinajstić information content (AvgIpc) is 2.30. The molecule has 0 saturated heterocycles. The quantitative estimate of drug-likeness (QED) is 0.844. The molecule has 1 heterocycles. The van der Waals surface area contributed by atoms with E-state index in [9.17, 15) is 0 Å². The van der Waals surface area contributed by atoms with Gasteiger partial charge in [-0.3, -0.25) is 0 Å². The van der Waals surface area contributed by atoms with Gasteiger partial charge in [0.2, 0.25) is 0 Å². The molecular weight excluding hydrogens is 264 g/mol. The van der Waals surface area contributed by atoms with Crippen LogP contribution in [0.15, 0.2) is 34.3 Å². The molecule has 0 amide bonds. The number of nitrogens with zero attached hydrogens (tertiary/aromatic N) is 1. The molecule has 86 valence electrons. The maximum absolute atomic E-state index is 5.79. The Balaban J connectivity index is 2.27. The zero-order valence-corrected chi connectivity index (χ0v) is 11.1. The molecule has 3 heteroatoms. The molecule has 1 aromatic rings. The highest BCUT2D eigenvalue weighted by molar-refractivity contribution is 9.10. The molecule has 1 aromatic carbocycles. The molecule has 0 aliphatic carbocycles. The van der Waals surface area contributed by atoms with Crippen molar-refractivity contribution in [1.82, 2.24) is 0 Å². The van der Waals surface area contributed by atoms with Crippen molar-refractivity contribution in [2.45, 2.75) is 19.9 Å². The van der Waals surface area contributed by atoms with Crippen molar-refractivity contribution in [3.05, 3.63) is 39.9 Å². The SMILES string of the molecule is CC1=CCN(c2ccc(Br)cc2CN)CC1. The molecule has 0 unspecified atom stereocenters. The molecular formula is C13H17BrN2. The van der Waals surface area contributed by atoms with E-state index in [1.54, 1.807) is 0 Å². The van der Waals surface area contributed by atoms with Gasteiger partial charge in [-0.05, 0) is 37.1 Å². The Kier molecular flexibility index (Phi) is 3.66. The van der Waals surface area contributed by atoms with Crippen molar-refractivity contribution in [3.63, 3.8) is 0 Å². The first kappa shape index (κ1) is 11.7. The Hall–Kier alpha value is -0.800. The molecule has 0 atom stereocenters. The monoisotopic (exact) mass is 280 g/mol. The van der Waals surface area contributed by atoms with E-state index < -0.39 is 0 Å². The second kappa shape index (κ2) is 5.02. The van der Waals surface area contributed by atoms with Gasteiger partial charge in [0, 0.05) is 29.8 Å². The van der Waals surface area contributed by atoms with Crippen LogP contribution in [0.4, 0.5) is 5.69 Å². The first-order valence-corrected chi connectivity index (χ1v) is 6.39. The summed E-state index contributed by atoms with van der Waals surface area (Å²) < 4.78 is 1.10. The van der Waals surface area contributed by atoms with Crippen LogP contribution in [-0.4, -0.2) is 13.1 Å². The maximum atomic E-state index is 5.79. The van der Waals surface area contributed by atoms with E-state index in [1.165, 1.54) is 16.8 Å². The summed E-state index contributed by atoms with van der Waals surface area (Å²) in [5.74, 6) is 0. The number of rotatable bonds is 2. The van der Waals surface area contributed by atoms with Crippen molar-refractivity contribution < 1.29 is 0 Å². The van der Waals surface area contributed by atoms with Crippen molar-refractivity contribution >= 4 is 21.6 Å². The molecule has 16 heavy (non-hydrogen) atoms. The third-order valence-corrected chi connectivity index (χ3v) is 3.53. The van der Waals surface area contributed by atoms with Gasteiger partial charge in [0.1, 0.15) is 0 Å². The van der Waals surface area contributed by atoms with Crippen LogP contribution >= 0.6 is 15.9 Å². The number of nitrogens with two attached hydrogens (primary N) is 1. The van der Waals surface area contributed by atoms with Gasteiger partial charge in [0.25, 0.3) is 0 Å². The summed E-state index contributed by atoms with van der Waals surface area (Å²) in [4.78, 5) is 2.39. The minimum Gasteiger partial charge on any atom is -0.367 e. The molecule has 0 bridgehead atoms. The van der Waals surface area contributed by atoms with Gasteiger partial charge in [0.15, 0.2) is 0 Å². The molecule has 2 rings (SSSR count). The molecule has 0 radical (unpaired) electrons. The van der Waals surface area contributed by atoms with E-state index in [0.29, 0.717) is 6.54 Å². The fourth-order valence-electron chi connectivity index (χ4n) is 2.02. The Morgan fingerprint density at radius 3 is 2.88 bits per heavy atom. The van der Waals surface area contributed by atoms with Crippen LogP contribution in [0.2, 0.25) is 0 Å². The van der Waals surface area contributed by atoms with Crippen LogP contribution in [-0.2, 0) is 6.54 Å². The first-order valence-electron chi connectivity index (χ1n) is 5.60. The van der Waals surface area contributed by atoms with Gasteiger partial charge in [-0.2, -0.15) is 0 Å². The smallest absolute Gasteiger partial charge is 0.0415 e. The number of halogens is 1. The third kappa shape index (κ3) is 2.47. The van der Waals surface area contributed by atoms with Gasteiger partial charge in [0.05, 0.1) is 0 Å². The van der Waals surface area contributed by atoms with Crippen LogP contribution in [0, 0.1) is 0 Å². The fraction of sp³-hybridized carbons (Fsp3) is 0.385. The predicted molar refractivity (Wildman–Crippen MR) is 72.6 cm³/mol. The second-order valence-electron chi connectivity index (χ2n) is 4.22. The molecule has 1 aliphatic heterocycles. The minimum atomic E-state index is 0.591. The first-order chi connectivity index (χ1) is 7.70. The summed E-state index contributed by atoms with van der Waals surface area (Å²) in [6, 6.07) is 6.35. The normalized spacial score (nSPS) is 16.2. The largest absolute Gasteiger partial charge is 0.367 e. The number of hydrogen-bond donors (Lipinski definition) is 1. The Morgan fingerprint density at radius 2 is 2.25 bits per heavy atom. The van der Waals surface area contributed by atoms with Crippen LogP contribution in [0.25, 0.3) is 0 Å². The highest BCUT2D eigenvalue weighted by atomic mass is 79.9. The molecule has 0 aromatic heterocycles. The summed E-state index contributed by atoms with van der Waals surface area (Å²) in [7, 11) is 0. The highest BCUT2D eigenvalue weighted by Gasteiger charge is 2.13. The summed E-state index contributed by atoms with van der Waals surface area (Å²) in [5, 5.41) is 0. The molecule has 0 saturated carbocycles. The zero-order valence-electron chi connectivity index (χ0n) is 9.54. The topological polar surface area (TPSA) is 29.3 Å². The van der Waals surface area contributed by atoms with E-state index in [-0.39, 0.29) is 0 Å². The second-order valence-corrected chi connectivity index (χ2v) is 5.14. The molecule has 0 fully saturated rings. The van der Waals surface area contributed by atoms with Gasteiger partial charge in [-0.25, -0.2) is 0 Å². The standard InChI is InChI=1S/C13H17BrN2/c1-10-4-6-16(7-5-10)13-3-2-12(14)8-11(13)9-15/h2-4,8H,5-7,9,15H2,1H3. The van der Waals surface area contributed by atoms with E-state index >= 15 is 0 Å². The minimum absolute atomic E-state index is 0.591. The maximum Gasteiger partial charge on any atom is 0.0415 e. The number of benzene rings is 1. The van der Waals surface area contributed by atoms with Gasteiger partial charge >= 0.3 is 0 Å². The summed E-state index contributed by atoms with van der Waals surface area (Å²) in [5.41, 5.74) is 9.76. The average molecular weight is 281 g/mol. The van der Waals surface area contributed by atoms with Gasteiger partial charge in [-0.15, -0.1) is 0 Å². The van der Waals surface area contributed by atoms with Gasteiger partial charge in [-0.1, -0.05) is 27.6 Å². The van der Waals surface area contributed by atoms with Crippen molar-refractivity contribution in [3.8, 4) is 0 Å². The summed E-state index contributed by atoms with van der Waals surface area (Å²) in [6.07, 6.45) is 3.45. The Labute approximate surface area is 105 Å². The molecule has 2 N–H and O–H groups in total. The molecule has 2 nitrogen and oxygen atoms in total. The lowest BCUT2D eigenvalue weighted by Crippen LogP contribution is -2.29. The zero-order chi connectivity index (χ0) is 11.5. The van der Waals surface area contributed by atoms with E-state index in [0.717, 1.165) is 24.0 Å². The third-order valence-electron chi connectivity index (χ3n) is 3.04. The number of anilines is 1. The fourth-order valence-corrected chi connectivity index (χ4v) is 2.42. The van der Waals surface area contributed by atoms with E-state index in [4.69, 9.17) is 5.73 Å². The van der Waals surface area contributed by atoms with Crippen LogP contribution in [0.1, 0.15) is 18.9 Å². The van der Waals surface area contributed by atoms with Crippen LogP contribution < -0.4 is 10.6 Å². The lowest BCUT2D eigenvalue weighted by molar-refractivity contribution is 0.781. The molecule has 1 aliphatic rings. The lowest BCUT2D eigenvalue weighted by atomic mass is 10.1. The van der Waals surface area contributed by atoms with E-state index in [2.05, 4.69) is 52.0 Å². The Bertz CT molecular complexity index is 412. The summed E-state index contributed by atoms with van der Waals surface area (Å²) >= 11 is 3.48. The Morgan fingerprint density at radius 1 is 1.44 bits per heavy atom. The van der Waals surface area contributed by atoms with Crippen molar-refractivity contribution in [1.29, 1.82) is 0 Å². The number of hydrogen-bond acceptors (Lipinski definition) is 2. The highest BCUT2D eigenvalue weighted by Crippen LogP contribution is 2.26. The van der Waals surface area contributed by atoms with E-state index in [1.807, 2.05) is 0 Å². The summed E-state index contributed by atoms with van der Waals surface area (Å²) in [6.45, 7) is 4.88. The molecule has 0 spiro atoms. The van der Waals surface area contributed by atoms with Gasteiger partial charge < -0.3 is 10.6 Å². The van der Waals surface area contributed by atoms with Crippen molar-refractivity contribution in [2.24, 2.45) is 5.73 Å². The predicted octanol–water partition coefficient (Wildman–Crippen LogP) is 3.06.